The second-order valence-corrected chi connectivity index (χ2v) is 7.84. The fourth-order valence-corrected chi connectivity index (χ4v) is 3.67. The minimum Gasteiger partial charge on any atom is -0.344 e. The van der Waals surface area contributed by atoms with Crippen molar-refractivity contribution >= 4 is 37.6 Å². The van der Waals surface area contributed by atoms with Crippen molar-refractivity contribution in [2.75, 3.05) is 0 Å². The molecule has 3 aromatic heterocycles. The lowest BCUT2D eigenvalue weighted by Gasteiger charge is -2.10. The first-order valence-electron chi connectivity index (χ1n) is 8.11. The number of hydrogen-bond acceptors (Lipinski definition) is 4. The molecule has 0 saturated carbocycles. The normalized spacial score (nSPS) is 11.7. The van der Waals surface area contributed by atoms with Crippen LogP contribution in [0.5, 0.6) is 0 Å². The molecule has 2 N–H and O–H groups in total. The highest BCUT2D eigenvalue weighted by molar-refractivity contribution is 7.89. The third-order valence-electron chi connectivity index (χ3n) is 4.44. The second-order valence-electron chi connectivity index (χ2n) is 6.28. The van der Waals surface area contributed by atoms with Crippen LogP contribution in [-0.4, -0.2) is 23.0 Å². The summed E-state index contributed by atoms with van der Waals surface area (Å²) in [7, 11) is -3.85. The fraction of sp³-hybridized carbons (Fsp3) is 0.105. The van der Waals surface area contributed by atoms with Crippen LogP contribution in [0, 0.1) is 13.5 Å². The Morgan fingerprint density at radius 1 is 1.22 bits per heavy atom. The molecule has 3 heterocycles. The maximum absolute atomic E-state index is 11.5. The molecule has 0 bridgehead atoms. The van der Waals surface area contributed by atoms with Crippen LogP contribution in [0.25, 0.3) is 26.8 Å². The van der Waals surface area contributed by atoms with Gasteiger partial charge in [0.15, 0.2) is 11.3 Å². The Balaban J connectivity index is 1.86. The first-order valence-corrected chi connectivity index (χ1v) is 9.66. The van der Waals surface area contributed by atoms with Crippen molar-refractivity contribution < 1.29 is 8.42 Å². The van der Waals surface area contributed by atoms with Gasteiger partial charge in [-0.2, -0.15) is 0 Å². The van der Waals surface area contributed by atoms with Crippen molar-refractivity contribution in [3.63, 3.8) is 0 Å². The number of nitrogens with two attached hydrogens (primary N) is 1. The van der Waals surface area contributed by atoms with Crippen LogP contribution in [0.4, 0.5) is 5.69 Å². The summed E-state index contributed by atoms with van der Waals surface area (Å²) < 4.78 is 25.1. The maximum atomic E-state index is 11.5. The van der Waals surface area contributed by atoms with Gasteiger partial charge in [0.25, 0.3) is 0 Å². The van der Waals surface area contributed by atoms with Gasteiger partial charge in [0.05, 0.1) is 17.0 Å². The molecule has 1 aromatic carbocycles. The number of sulfonamides is 1. The van der Waals surface area contributed by atoms with Crippen LogP contribution in [0.1, 0.15) is 11.3 Å². The van der Waals surface area contributed by atoms with Gasteiger partial charge >= 0.3 is 0 Å². The lowest BCUT2D eigenvalue weighted by molar-refractivity contribution is 0.598. The number of pyridine rings is 2. The summed E-state index contributed by atoms with van der Waals surface area (Å²) in [5, 5.41) is 7.06. The van der Waals surface area contributed by atoms with E-state index in [-0.39, 0.29) is 10.6 Å². The van der Waals surface area contributed by atoms with Crippen molar-refractivity contribution in [2.24, 2.45) is 5.14 Å². The number of hydrogen-bond donors (Lipinski definition) is 1. The zero-order valence-corrected chi connectivity index (χ0v) is 15.2. The highest BCUT2D eigenvalue weighted by Crippen LogP contribution is 2.28. The highest BCUT2D eigenvalue weighted by atomic mass is 32.2. The number of nitrogens with zero attached hydrogens (tertiary/aromatic N) is 4. The topological polar surface area (TPSA) is 95.2 Å². The van der Waals surface area contributed by atoms with Gasteiger partial charge in [0.1, 0.15) is 0 Å². The standard InChI is InChI=1S/C19H15N5O2S/c1-12-3-6-16-18-13(10-22-19(16)23-12)7-8-24(18)11-14-4-5-15(27(20,25)26)9-17(14)21-2/h3-10H,11H2,1H3,(H2,20,25,26). The second kappa shape index (κ2) is 6.16. The molecule has 4 rings (SSSR count). The average molecular weight is 377 g/mol. The van der Waals surface area contributed by atoms with Gasteiger partial charge in [0.2, 0.25) is 10.0 Å². The Morgan fingerprint density at radius 3 is 2.78 bits per heavy atom. The van der Waals surface area contributed by atoms with E-state index in [4.69, 9.17) is 11.7 Å². The molecule has 0 unspecified atom stereocenters. The Morgan fingerprint density at radius 2 is 2.04 bits per heavy atom. The van der Waals surface area contributed by atoms with E-state index < -0.39 is 10.0 Å². The van der Waals surface area contributed by atoms with Gasteiger partial charge in [-0.25, -0.2) is 28.4 Å². The van der Waals surface area contributed by atoms with E-state index in [1.54, 1.807) is 12.3 Å². The van der Waals surface area contributed by atoms with Crippen molar-refractivity contribution in [3.8, 4) is 0 Å². The molecule has 0 amide bonds. The van der Waals surface area contributed by atoms with Gasteiger partial charge < -0.3 is 4.57 Å². The van der Waals surface area contributed by atoms with E-state index in [9.17, 15) is 8.42 Å². The van der Waals surface area contributed by atoms with Crippen LogP contribution in [0.3, 0.4) is 0 Å². The summed E-state index contributed by atoms with van der Waals surface area (Å²) in [4.78, 5) is 12.3. The molecule has 0 atom stereocenters. The summed E-state index contributed by atoms with van der Waals surface area (Å²) in [6.45, 7) is 9.72. The monoisotopic (exact) mass is 377 g/mol. The number of primary sulfonamides is 1. The maximum Gasteiger partial charge on any atom is 0.236 e. The number of benzene rings is 1. The van der Waals surface area contributed by atoms with E-state index in [1.165, 1.54) is 12.1 Å². The van der Waals surface area contributed by atoms with E-state index in [0.29, 0.717) is 17.8 Å². The molecule has 27 heavy (non-hydrogen) atoms. The van der Waals surface area contributed by atoms with Crippen molar-refractivity contribution in [1.82, 2.24) is 14.5 Å². The van der Waals surface area contributed by atoms with E-state index in [1.807, 2.05) is 35.9 Å². The minimum atomic E-state index is -3.85. The average Bonchev–Trinajstić information content (AvgIpc) is 3.04. The Labute approximate surface area is 156 Å². The largest absolute Gasteiger partial charge is 0.344 e. The van der Waals surface area contributed by atoms with Crippen LogP contribution < -0.4 is 5.14 Å². The molecular formula is C19H15N5O2S. The van der Waals surface area contributed by atoms with Crippen LogP contribution in [-0.2, 0) is 16.6 Å². The Kier molecular flexibility index (Phi) is 3.91. The first-order chi connectivity index (χ1) is 12.9. The van der Waals surface area contributed by atoms with Crippen LogP contribution in [0.2, 0.25) is 0 Å². The van der Waals surface area contributed by atoms with Gasteiger partial charge in [-0.3, -0.25) is 0 Å². The first kappa shape index (κ1) is 17.1. The van der Waals surface area contributed by atoms with E-state index in [2.05, 4.69) is 14.8 Å². The van der Waals surface area contributed by atoms with Gasteiger partial charge in [-0.15, -0.1) is 0 Å². The number of aromatic nitrogens is 3. The third-order valence-corrected chi connectivity index (χ3v) is 5.35. The molecule has 7 nitrogen and oxygen atoms in total. The van der Waals surface area contributed by atoms with Crippen LogP contribution in [0.15, 0.2) is 53.7 Å². The summed E-state index contributed by atoms with van der Waals surface area (Å²) in [6, 6.07) is 10.3. The molecule has 0 saturated heterocycles. The zero-order chi connectivity index (χ0) is 19.2. The molecule has 0 fully saturated rings. The number of rotatable bonds is 3. The van der Waals surface area contributed by atoms with E-state index in [0.717, 1.165) is 22.0 Å². The van der Waals surface area contributed by atoms with Gasteiger partial charge in [-0.1, -0.05) is 6.07 Å². The van der Waals surface area contributed by atoms with Crippen molar-refractivity contribution in [3.05, 3.63) is 71.5 Å². The molecule has 0 radical (unpaired) electrons. The molecule has 0 spiro atoms. The molecule has 8 heteroatoms. The smallest absolute Gasteiger partial charge is 0.236 e. The van der Waals surface area contributed by atoms with Gasteiger partial charge in [-0.05, 0) is 42.8 Å². The zero-order valence-electron chi connectivity index (χ0n) is 14.4. The molecule has 0 aliphatic heterocycles. The van der Waals surface area contributed by atoms with Crippen LogP contribution >= 0.6 is 0 Å². The lowest BCUT2D eigenvalue weighted by Crippen LogP contribution is -2.12. The molecule has 0 aliphatic rings. The Bertz CT molecular complexity index is 1350. The molecule has 4 aromatic rings. The molecular weight excluding hydrogens is 362 g/mol. The summed E-state index contributed by atoms with van der Waals surface area (Å²) >= 11 is 0. The predicted molar refractivity (Wildman–Crippen MR) is 103 cm³/mol. The Hall–Kier alpha value is -3.28. The quantitative estimate of drug-likeness (QED) is 0.555. The number of aryl methyl sites for hydroxylation is 1. The van der Waals surface area contributed by atoms with E-state index >= 15 is 0 Å². The number of fused-ring (bicyclic) bond motifs is 3. The predicted octanol–water partition coefficient (Wildman–Crippen LogP) is 3.14. The fourth-order valence-electron chi connectivity index (χ4n) is 3.13. The third kappa shape index (κ3) is 3.03. The summed E-state index contributed by atoms with van der Waals surface area (Å²) in [5.74, 6) is 0. The summed E-state index contributed by atoms with van der Waals surface area (Å²) in [6.07, 6.45) is 3.70. The van der Waals surface area contributed by atoms with Crippen molar-refractivity contribution in [2.45, 2.75) is 18.4 Å². The minimum absolute atomic E-state index is 0.0658. The van der Waals surface area contributed by atoms with Gasteiger partial charge in [0, 0.05) is 35.4 Å². The van der Waals surface area contributed by atoms with Crippen molar-refractivity contribution in [1.29, 1.82) is 0 Å². The SMILES string of the molecule is [C-]#[N+]c1cc(S(N)(=O)=O)ccc1Cn1ccc2cnc3nc(C)ccc3c21. The molecule has 0 aliphatic carbocycles. The highest BCUT2D eigenvalue weighted by Gasteiger charge is 2.14. The lowest BCUT2D eigenvalue weighted by atomic mass is 10.1. The molecule has 134 valence electrons. The summed E-state index contributed by atoms with van der Waals surface area (Å²) in [5.41, 5.74) is 3.49.